The molecule has 0 radical (unpaired) electrons. The fraction of sp³-hybridized carbons (Fsp3) is 0.478. The third-order valence-electron chi connectivity index (χ3n) is 10.8. The minimum atomic E-state index is -1.75. The highest BCUT2D eigenvalue weighted by Gasteiger charge is 2.35. The zero-order valence-corrected chi connectivity index (χ0v) is 40.8. The van der Waals surface area contributed by atoms with Crippen LogP contribution in [0.2, 0.25) is 0 Å². The first-order chi connectivity index (χ1) is 34.0. The first-order valence-corrected chi connectivity index (χ1v) is 24.1. The smallest absolute Gasteiger partial charge is 0.326 e. The molecule has 394 valence electrons. The van der Waals surface area contributed by atoms with Crippen molar-refractivity contribution in [1.29, 1.82) is 0 Å². The molecule has 8 atom stereocenters. The number of thioether (sulfide) groups is 1. The van der Waals surface area contributed by atoms with Gasteiger partial charge in [0, 0.05) is 19.3 Å². The third kappa shape index (κ3) is 22.9. The number of amides is 9. The maximum absolute atomic E-state index is 14.0. The van der Waals surface area contributed by atoms with Gasteiger partial charge in [-0.05, 0) is 41.9 Å². The van der Waals surface area contributed by atoms with Gasteiger partial charge in [-0.15, -0.1) is 0 Å². The van der Waals surface area contributed by atoms with Gasteiger partial charge < -0.3 is 69.3 Å². The molecule has 2 rings (SSSR count). The maximum Gasteiger partial charge on any atom is 0.326 e. The number of primary amides is 1. The Hall–Kier alpha value is -7.61. The predicted octanol–water partition coefficient (Wildman–Crippen LogP) is -2.96. The Morgan fingerprint density at radius 2 is 1.04 bits per heavy atom. The van der Waals surface area contributed by atoms with Crippen molar-refractivity contribution < 1.29 is 72.9 Å². The normalized spacial score (nSPS) is 14.1. The Labute approximate surface area is 418 Å². The van der Waals surface area contributed by atoms with E-state index in [4.69, 9.17) is 16.6 Å². The van der Waals surface area contributed by atoms with Crippen LogP contribution in [0.1, 0.15) is 63.5 Å². The summed E-state index contributed by atoms with van der Waals surface area (Å²) in [5.41, 5.74) is 12.2. The molecule has 0 saturated carbocycles. The topological polar surface area (TPSA) is 414 Å². The number of carboxylic acids is 3. The highest BCUT2D eigenvalue weighted by atomic mass is 32.2. The average Bonchev–Trinajstić information content (AvgIpc) is 3.33. The Morgan fingerprint density at radius 3 is 1.57 bits per heavy atom. The second-order valence-corrected chi connectivity index (χ2v) is 17.5. The summed E-state index contributed by atoms with van der Waals surface area (Å²) in [5, 5.41) is 47.1. The number of carboxylic acid groups (broad SMARTS) is 3. The standard InChI is InChI=1S/C46H64N10O15S/c1-4-25(2)39(56-42(66)30(17-18-72-3)52-43(67)31(19-26-11-7-5-8-12-26)54-40(64)28(47)21-37(60)61)45(69)53-29(15-16-34(48)57)41(65)50-23-35(58)49-24-36(59)51-32(22-38(62)63)44(68)55-33(46(70)71)20-27-13-9-6-10-14-27/h5-14,25,28-33,39H,4,15-24,47H2,1-3H3,(H2,48,57)(H,49,58)(H,50,65)(H,51,59)(H,52,67)(H,53,69)(H,54,64)(H,55,68)(H,56,66)(H,60,61)(H,62,63)(H,70,71). The van der Waals surface area contributed by atoms with Crippen molar-refractivity contribution in [3.63, 3.8) is 0 Å². The van der Waals surface area contributed by atoms with Gasteiger partial charge in [-0.2, -0.15) is 11.8 Å². The number of carbonyl (C=O) groups is 12. The molecule has 8 unspecified atom stereocenters. The van der Waals surface area contributed by atoms with E-state index in [0.29, 0.717) is 23.3 Å². The van der Waals surface area contributed by atoms with Crippen LogP contribution >= 0.6 is 11.8 Å². The van der Waals surface area contributed by atoms with E-state index in [1.54, 1.807) is 80.8 Å². The van der Waals surface area contributed by atoms with E-state index >= 15 is 0 Å². The lowest BCUT2D eigenvalue weighted by Gasteiger charge is -2.29. The number of aliphatic carboxylic acids is 3. The molecule has 15 N–H and O–H groups in total. The van der Waals surface area contributed by atoms with Gasteiger partial charge in [0.1, 0.15) is 36.3 Å². The van der Waals surface area contributed by atoms with Crippen LogP contribution in [0.3, 0.4) is 0 Å². The third-order valence-corrected chi connectivity index (χ3v) is 11.4. The minimum absolute atomic E-state index is 0.0478. The van der Waals surface area contributed by atoms with Crippen molar-refractivity contribution in [3.8, 4) is 0 Å². The van der Waals surface area contributed by atoms with Crippen molar-refractivity contribution in [3.05, 3.63) is 71.8 Å². The Balaban J connectivity index is 2.17. The van der Waals surface area contributed by atoms with Crippen LogP contribution in [0.25, 0.3) is 0 Å². The number of nitrogens with one attached hydrogen (secondary N) is 8. The molecule has 2 aromatic carbocycles. The molecule has 26 heteroatoms. The Kier molecular flexibility index (Phi) is 26.5. The number of benzene rings is 2. The van der Waals surface area contributed by atoms with Crippen LogP contribution in [0.4, 0.5) is 0 Å². The van der Waals surface area contributed by atoms with Gasteiger partial charge in [-0.25, -0.2) is 4.79 Å². The molecule has 2 aromatic rings. The van der Waals surface area contributed by atoms with Crippen LogP contribution < -0.4 is 54.0 Å². The van der Waals surface area contributed by atoms with E-state index in [9.17, 15) is 67.7 Å². The van der Waals surface area contributed by atoms with Gasteiger partial charge in [0.15, 0.2) is 0 Å². The second kappa shape index (κ2) is 31.6. The van der Waals surface area contributed by atoms with Crippen LogP contribution in [-0.4, -0.2) is 154 Å². The van der Waals surface area contributed by atoms with E-state index < -0.39 is 152 Å². The molecule has 0 aromatic heterocycles. The van der Waals surface area contributed by atoms with Crippen molar-refractivity contribution in [2.45, 2.75) is 108 Å². The molecule has 0 heterocycles. The molecule has 9 amide bonds. The Morgan fingerprint density at radius 1 is 0.556 bits per heavy atom. The molecule has 0 aliphatic rings. The summed E-state index contributed by atoms with van der Waals surface area (Å²) in [7, 11) is 0. The lowest BCUT2D eigenvalue weighted by molar-refractivity contribution is -0.143. The van der Waals surface area contributed by atoms with E-state index in [2.05, 4.69) is 42.5 Å². The summed E-state index contributed by atoms with van der Waals surface area (Å²) in [4.78, 5) is 153. The summed E-state index contributed by atoms with van der Waals surface area (Å²) in [6.07, 6.45) is -0.552. The fourth-order valence-corrected chi connectivity index (χ4v) is 7.12. The molecule has 0 aliphatic carbocycles. The van der Waals surface area contributed by atoms with Gasteiger partial charge in [-0.1, -0.05) is 80.9 Å². The van der Waals surface area contributed by atoms with Crippen molar-refractivity contribution in [2.75, 3.05) is 25.1 Å². The van der Waals surface area contributed by atoms with Crippen LogP contribution in [0, 0.1) is 5.92 Å². The van der Waals surface area contributed by atoms with Gasteiger partial charge in [-0.3, -0.25) is 52.7 Å². The van der Waals surface area contributed by atoms with Crippen molar-refractivity contribution in [2.24, 2.45) is 17.4 Å². The Bertz CT molecular complexity index is 2220. The molecule has 0 bridgehead atoms. The quantitative estimate of drug-likeness (QED) is 0.0340. The number of nitrogens with two attached hydrogens (primary N) is 2. The van der Waals surface area contributed by atoms with Gasteiger partial charge in [0.25, 0.3) is 0 Å². The number of carbonyl (C=O) groups excluding carboxylic acids is 9. The molecule has 0 fully saturated rings. The molecule has 0 aliphatic heterocycles. The summed E-state index contributed by atoms with van der Waals surface area (Å²) in [6.45, 7) is 1.72. The van der Waals surface area contributed by atoms with Crippen LogP contribution in [0.15, 0.2) is 60.7 Å². The monoisotopic (exact) mass is 1030 g/mol. The summed E-state index contributed by atoms with van der Waals surface area (Å²) in [6, 6.07) is 6.56. The SMILES string of the molecule is CCC(C)C(NC(=O)C(CCSC)NC(=O)C(Cc1ccccc1)NC(=O)C(N)CC(=O)O)C(=O)NC(CCC(N)=O)C(=O)NCC(=O)NCC(=O)NC(CC(=O)O)C(=O)NC(Cc1ccccc1)C(=O)O. The van der Waals surface area contributed by atoms with E-state index in [1.165, 1.54) is 11.8 Å². The zero-order chi connectivity index (χ0) is 53.9. The first-order valence-electron chi connectivity index (χ1n) is 22.7. The van der Waals surface area contributed by atoms with Crippen molar-refractivity contribution in [1.82, 2.24) is 42.5 Å². The average molecular weight is 1030 g/mol. The van der Waals surface area contributed by atoms with E-state index in [0.717, 1.165) is 0 Å². The highest BCUT2D eigenvalue weighted by Crippen LogP contribution is 2.13. The predicted molar refractivity (Wildman–Crippen MR) is 259 cm³/mol. The van der Waals surface area contributed by atoms with Crippen molar-refractivity contribution >= 4 is 82.8 Å². The zero-order valence-electron chi connectivity index (χ0n) is 40.0. The molecular formula is C46H64N10O15S. The number of hydrogen-bond acceptors (Lipinski definition) is 14. The van der Waals surface area contributed by atoms with E-state index in [1.807, 2.05) is 0 Å². The number of hydrogen-bond donors (Lipinski definition) is 13. The second-order valence-electron chi connectivity index (χ2n) is 16.5. The largest absolute Gasteiger partial charge is 0.481 e. The lowest BCUT2D eigenvalue weighted by Crippen LogP contribution is -2.60. The van der Waals surface area contributed by atoms with Crippen LogP contribution in [0.5, 0.6) is 0 Å². The molecule has 0 spiro atoms. The first kappa shape index (κ1) is 60.5. The highest BCUT2D eigenvalue weighted by molar-refractivity contribution is 7.98. The van der Waals surface area contributed by atoms with E-state index in [-0.39, 0.29) is 25.7 Å². The fourth-order valence-electron chi connectivity index (χ4n) is 6.65. The van der Waals surface area contributed by atoms with Crippen LogP contribution in [-0.2, 0) is 70.4 Å². The lowest BCUT2D eigenvalue weighted by atomic mass is 9.96. The van der Waals surface area contributed by atoms with Gasteiger partial charge in [0.2, 0.25) is 53.2 Å². The molecule has 0 saturated heterocycles. The summed E-state index contributed by atoms with van der Waals surface area (Å²) >= 11 is 1.35. The van der Waals surface area contributed by atoms with Gasteiger partial charge in [0.05, 0.1) is 32.0 Å². The summed E-state index contributed by atoms with van der Waals surface area (Å²) < 4.78 is 0. The maximum atomic E-state index is 14.0. The summed E-state index contributed by atoms with van der Waals surface area (Å²) in [5.74, 6) is -13.0. The molecule has 25 nitrogen and oxygen atoms in total. The molecule has 72 heavy (non-hydrogen) atoms. The molecular weight excluding hydrogens is 965 g/mol. The number of rotatable bonds is 33. The van der Waals surface area contributed by atoms with Gasteiger partial charge >= 0.3 is 17.9 Å². The minimum Gasteiger partial charge on any atom is -0.481 e.